The number of aromatic nitrogens is 2. The summed E-state index contributed by atoms with van der Waals surface area (Å²) in [5.41, 5.74) is 2.50. The number of rotatable bonds is 6. The Labute approximate surface area is 165 Å². The first kappa shape index (κ1) is 17.5. The highest BCUT2D eigenvalue weighted by Gasteiger charge is 2.51. The number of hydrogen-bond donors (Lipinski definition) is 1. The highest BCUT2D eigenvalue weighted by atomic mass is 32.1. The van der Waals surface area contributed by atoms with Gasteiger partial charge in [0.05, 0.1) is 11.4 Å². The van der Waals surface area contributed by atoms with Gasteiger partial charge in [-0.15, -0.1) is 11.3 Å². The Bertz CT molecular complexity index is 787. The number of nitrogens with one attached hydrogen (secondary N) is 1. The molecule has 0 unspecified atom stereocenters. The van der Waals surface area contributed by atoms with E-state index in [1.165, 1.54) is 43.4 Å². The van der Waals surface area contributed by atoms with Crippen molar-refractivity contribution in [3.8, 4) is 10.6 Å². The molecule has 4 nitrogen and oxygen atoms in total. The van der Waals surface area contributed by atoms with Gasteiger partial charge in [0.25, 0.3) is 0 Å². The number of hydrogen-bond acceptors (Lipinski definition) is 3. The summed E-state index contributed by atoms with van der Waals surface area (Å²) < 4.78 is 2.01. The van der Waals surface area contributed by atoms with E-state index in [0.29, 0.717) is 12.0 Å². The van der Waals surface area contributed by atoms with Crippen LogP contribution in [0.3, 0.4) is 0 Å². The lowest BCUT2D eigenvalue weighted by molar-refractivity contribution is -0.129. The molecule has 0 aliphatic heterocycles. The van der Waals surface area contributed by atoms with Crippen molar-refractivity contribution < 1.29 is 4.79 Å². The SMILES string of the molecule is Cc1cc(-c2cccs2)nn1CCNC(=O)CC12CC3CC(CC(C3)C1)C2. The molecule has 4 aliphatic rings. The Hall–Kier alpha value is -1.62. The first-order valence-electron chi connectivity index (χ1n) is 10.4. The maximum Gasteiger partial charge on any atom is 0.220 e. The van der Waals surface area contributed by atoms with Crippen molar-refractivity contribution in [2.75, 3.05) is 6.54 Å². The summed E-state index contributed by atoms with van der Waals surface area (Å²) in [5.74, 6) is 2.98. The van der Waals surface area contributed by atoms with Crippen LogP contribution in [0.2, 0.25) is 0 Å². The van der Waals surface area contributed by atoms with Crippen LogP contribution >= 0.6 is 11.3 Å². The third kappa shape index (κ3) is 3.46. The van der Waals surface area contributed by atoms with E-state index in [1.54, 1.807) is 11.3 Å². The van der Waals surface area contributed by atoms with Crippen LogP contribution in [0.25, 0.3) is 10.6 Å². The van der Waals surface area contributed by atoms with Gasteiger partial charge in [0.1, 0.15) is 5.69 Å². The summed E-state index contributed by atoms with van der Waals surface area (Å²) in [6.45, 7) is 3.49. The van der Waals surface area contributed by atoms with Gasteiger partial charge in [-0.2, -0.15) is 5.10 Å². The fourth-order valence-electron chi connectivity index (χ4n) is 6.49. The molecule has 0 spiro atoms. The minimum absolute atomic E-state index is 0.250. The average Bonchev–Trinajstić information content (AvgIpc) is 3.23. The maximum atomic E-state index is 12.7. The Morgan fingerprint density at radius 2 is 1.96 bits per heavy atom. The summed E-state index contributed by atoms with van der Waals surface area (Å²) in [6.07, 6.45) is 8.96. The van der Waals surface area contributed by atoms with Gasteiger partial charge in [-0.25, -0.2) is 0 Å². The third-order valence-electron chi connectivity index (χ3n) is 7.10. The van der Waals surface area contributed by atoms with Crippen molar-refractivity contribution in [1.82, 2.24) is 15.1 Å². The average molecular weight is 384 g/mol. The van der Waals surface area contributed by atoms with Crippen molar-refractivity contribution in [2.24, 2.45) is 23.2 Å². The molecular weight excluding hydrogens is 354 g/mol. The minimum atomic E-state index is 0.250. The van der Waals surface area contributed by atoms with Gasteiger partial charge in [-0.3, -0.25) is 9.48 Å². The molecule has 0 aromatic carbocycles. The highest BCUT2D eigenvalue weighted by molar-refractivity contribution is 7.13. The summed E-state index contributed by atoms with van der Waals surface area (Å²) in [6, 6.07) is 6.28. The summed E-state index contributed by atoms with van der Waals surface area (Å²) in [7, 11) is 0. The van der Waals surface area contributed by atoms with E-state index in [9.17, 15) is 4.79 Å². The molecule has 6 rings (SSSR count). The summed E-state index contributed by atoms with van der Waals surface area (Å²) in [5, 5.41) is 9.96. The van der Waals surface area contributed by atoms with Gasteiger partial charge in [-0.05, 0) is 86.1 Å². The topological polar surface area (TPSA) is 46.9 Å². The standard InChI is InChI=1S/C22H29N3OS/c1-15-7-19(20-3-2-6-27-20)24-25(15)5-4-23-21(26)14-22-11-16-8-17(12-22)10-18(9-16)13-22/h2-3,6-7,16-18H,4-5,8-14H2,1H3,(H,23,26). The Kier molecular flexibility index (Phi) is 4.38. The maximum absolute atomic E-state index is 12.7. The van der Waals surface area contributed by atoms with Gasteiger partial charge in [0.15, 0.2) is 0 Å². The molecule has 0 saturated heterocycles. The molecule has 2 aromatic rings. The molecular formula is C22H29N3OS. The third-order valence-corrected chi connectivity index (χ3v) is 7.99. The zero-order valence-corrected chi connectivity index (χ0v) is 16.9. The molecule has 0 radical (unpaired) electrons. The monoisotopic (exact) mass is 383 g/mol. The van der Waals surface area contributed by atoms with Crippen LogP contribution in [-0.4, -0.2) is 22.2 Å². The van der Waals surface area contributed by atoms with E-state index in [2.05, 4.69) is 35.8 Å². The summed E-state index contributed by atoms with van der Waals surface area (Å²) in [4.78, 5) is 13.9. The lowest BCUT2D eigenvalue weighted by Crippen LogP contribution is -2.48. The van der Waals surface area contributed by atoms with Gasteiger partial charge in [0.2, 0.25) is 5.91 Å². The zero-order valence-electron chi connectivity index (χ0n) is 16.1. The second-order valence-electron chi connectivity index (χ2n) is 9.32. The van der Waals surface area contributed by atoms with Crippen LogP contribution < -0.4 is 5.32 Å². The fraction of sp³-hybridized carbons (Fsp3) is 0.636. The lowest BCUT2D eigenvalue weighted by atomic mass is 9.49. The molecule has 1 amide bonds. The van der Waals surface area contributed by atoms with E-state index in [1.807, 2.05) is 4.68 Å². The Balaban J connectivity index is 1.15. The van der Waals surface area contributed by atoms with Gasteiger partial charge in [0, 0.05) is 18.7 Å². The van der Waals surface area contributed by atoms with Gasteiger partial charge >= 0.3 is 0 Å². The molecule has 1 N–H and O–H groups in total. The molecule has 2 aromatic heterocycles. The zero-order chi connectivity index (χ0) is 18.4. The van der Waals surface area contributed by atoms with Gasteiger partial charge < -0.3 is 5.32 Å². The number of thiophene rings is 1. The van der Waals surface area contributed by atoms with E-state index in [-0.39, 0.29) is 5.91 Å². The number of nitrogens with zero attached hydrogens (tertiary/aromatic N) is 2. The van der Waals surface area contributed by atoms with Crippen molar-refractivity contribution >= 4 is 17.2 Å². The molecule has 2 heterocycles. The normalized spacial score (nSPS) is 31.4. The minimum Gasteiger partial charge on any atom is -0.354 e. The summed E-state index contributed by atoms with van der Waals surface area (Å²) >= 11 is 1.71. The molecule has 4 aliphatic carbocycles. The van der Waals surface area contributed by atoms with Crippen LogP contribution in [0, 0.1) is 30.1 Å². The molecule has 144 valence electrons. The van der Waals surface area contributed by atoms with Crippen molar-refractivity contribution in [3.63, 3.8) is 0 Å². The number of aryl methyl sites for hydroxylation is 1. The lowest BCUT2D eigenvalue weighted by Gasteiger charge is -2.56. The molecule has 27 heavy (non-hydrogen) atoms. The second-order valence-corrected chi connectivity index (χ2v) is 10.3. The van der Waals surface area contributed by atoms with Crippen LogP contribution in [0.4, 0.5) is 0 Å². The molecule has 4 bridgehead atoms. The molecule has 4 fully saturated rings. The quantitative estimate of drug-likeness (QED) is 0.790. The highest BCUT2D eigenvalue weighted by Crippen LogP contribution is 2.61. The molecule has 0 atom stereocenters. The van der Waals surface area contributed by atoms with E-state index in [0.717, 1.165) is 42.1 Å². The smallest absolute Gasteiger partial charge is 0.220 e. The second kappa shape index (κ2) is 6.77. The van der Waals surface area contributed by atoms with Crippen molar-refractivity contribution in [2.45, 2.75) is 58.4 Å². The van der Waals surface area contributed by atoms with E-state index in [4.69, 9.17) is 5.10 Å². The van der Waals surface area contributed by atoms with Crippen LogP contribution in [0.15, 0.2) is 23.6 Å². The number of carbonyl (C=O) groups is 1. The van der Waals surface area contributed by atoms with Crippen LogP contribution in [-0.2, 0) is 11.3 Å². The first-order chi connectivity index (χ1) is 13.1. The predicted octanol–water partition coefficient (Wildman–Crippen LogP) is 4.64. The Morgan fingerprint density at radius 1 is 1.26 bits per heavy atom. The van der Waals surface area contributed by atoms with Crippen molar-refractivity contribution in [3.05, 3.63) is 29.3 Å². The molecule has 4 saturated carbocycles. The first-order valence-corrected chi connectivity index (χ1v) is 11.3. The largest absolute Gasteiger partial charge is 0.354 e. The Morgan fingerprint density at radius 3 is 2.59 bits per heavy atom. The predicted molar refractivity (Wildman–Crippen MR) is 109 cm³/mol. The van der Waals surface area contributed by atoms with Crippen molar-refractivity contribution in [1.29, 1.82) is 0 Å². The fourth-order valence-corrected chi connectivity index (χ4v) is 7.17. The van der Waals surface area contributed by atoms with Gasteiger partial charge in [-0.1, -0.05) is 6.07 Å². The van der Waals surface area contributed by atoms with E-state index < -0.39 is 0 Å². The number of carbonyl (C=O) groups excluding carboxylic acids is 1. The molecule has 5 heteroatoms. The van der Waals surface area contributed by atoms with Crippen LogP contribution in [0.1, 0.15) is 50.6 Å². The van der Waals surface area contributed by atoms with E-state index >= 15 is 0 Å². The van der Waals surface area contributed by atoms with Crippen LogP contribution in [0.5, 0.6) is 0 Å². The number of amides is 1.